The zero-order valence-corrected chi connectivity index (χ0v) is 14.9. The number of benzene rings is 1. The lowest BCUT2D eigenvalue weighted by molar-refractivity contribution is -0.150. The molecule has 1 aliphatic carbocycles. The Morgan fingerprint density at radius 1 is 1.20 bits per heavy atom. The lowest BCUT2D eigenvalue weighted by atomic mass is 10.1. The molecule has 0 aromatic heterocycles. The van der Waals surface area contributed by atoms with Crippen molar-refractivity contribution in [2.75, 3.05) is 14.2 Å². The molecule has 1 N–H and O–H groups in total. The van der Waals surface area contributed by atoms with Crippen LogP contribution in [0.5, 0.6) is 11.5 Å². The van der Waals surface area contributed by atoms with Crippen molar-refractivity contribution in [1.29, 1.82) is 0 Å². The fraction of sp³-hybridized carbons (Fsp3) is 0.474. The lowest BCUT2D eigenvalue weighted by Crippen LogP contribution is -2.40. The fourth-order valence-corrected chi connectivity index (χ4v) is 2.77. The minimum Gasteiger partial charge on any atom is -0.497 e. The minimum atomic E-state index is -0.824. The molecule has 0 radical (unpaired) electrons. The average Bonchev–Trinajstić information content (AvgIpc) is 3.12. The van der Waals surface area contributed by atoms with Crippen molar-refractivity contribution in [3.63, 3.8) is 0 Å². The quantitative estimate of drug-likeness (QED) is 0.606. The number of nitrogens with one attached hydrogen (secondary N) is 1. The molecule has 2 rings (SSSR count). The van der Waals surface area contributed by atoms with Gasteiger partial charge >= 0.3 is 5.97 Å². The number of rotatable bonds is 7. The molecule has 1 amide bonds. The van der Waals surface area contributed by atoms with Crippen molar-refractivity contribution in [3.8, 4) is 11.5 Å². The van der Waals surface area contributed by atoms with Gasteiger partial charge in [0.05, 0.1) is 14.2 Å². The molecule has 0 saturated heterocycles. The molecule has 1 aliphatic rings. The summed E-state index contributed by atoms with van der Waals surface area (Å²) in [5.74, 6) is 0.409. The number of amides is 1. The summed E-state index contributed by atoms with van der Waals surface area (Å²) < 4.78 is 15.6. The first-order valence-corrected chi connectivity index (χ1v) is 8.44. The highest BCUT2D eigenvalue weighted by Gasteiger charge is 2.22. The van der Waals surface area contributed by atoms with Crippen LogP contribution in [0.1, 0.15) is 38.2 Å². The van der Waals surface area contributed by atoms with E-state index in [9.17, 15) is 9.59 Å². The maximum absolute atomic E-state index is 12.0. The fourth-order valence-electron chi connectivity index (χ4n) is 2.77. The van der Waals surface area contributed by atoms with Gasteiger partial charge in [-0.3, -0.25) is 4.79 Å². The monoisotopic (exact) mass is 347 g/mol. The van der Waals surface area contributed by atoms with E-state index in [0.29, 0.717) is 17.1 Å². The SMILES string of the molecule is COc1ccc(/C=C/C(=O)O[C@H](C)C(=O)NC2CCCC2)c(OC)c1. The molecule has 0 heterocycles. The normalized spacial score (nSPS) is 15.8. The Bertz CT molecular complexity index is 635. The van der Waals surface area contributed by atoms with Gasteiger partial charge in [0.15, 0.2) is 6.10 Å². The standard InChI is InChI=1S/C19H25NO5/c1-13(19(22)20-15-6-4-5-7-15)25-18(21)11-9-14-8-10-16(23-2)12-17(14)24-3/h8-13,15H,4-7H2,1-3H3,(H,20,22)/b11-9+/t13-/m1/s1. The molecule has 6 nitrogen and oxygen atoms in total. The Morgan fingerprint density at radius 2 is 1.92 bits per heavy atom. The van der Waals surface area contributed by atoms with E-state index in [-0.39, 0.29) is 11.9 Å². The average molecular weight is 347 g/mol. The summed E-state index contributed by atoms with van der Waals surface area (Å²) in [5.41, 5.74) is 0.711. The predicted octanol–water partition coefficient (Wildman–Crippen LogP) is 2.71. The van der Waals surface area contributed by atoms with Crippen LogP contribution in [-0.4, -0.2) is 38.2 Å². The molecule has 1 aromatic rings. The van der Waals surface area contributed by atoms with Gasteiger partial charge in [0.1, 0.15) is 11.5 Å². The summed E-state index contributed by atoms with van der Waals surface area (Å²) in [6.45, 7) is 1.57. The van der Waals surface area contributed by atoms with Gasteiger partial charge in [-0.15, -0.1) is 0 Å². The van der Waals surface area contributed by atoms with Crippen LogP contribution in [0.3, 0.4) is 0 Å². The van der Waals surface area contributed by atoms with Crippen molar-refractivity contribution < 1.29 is 23.8 Å². The number of carbonyl (C=O) groups excluding carboxylic acids is 2. The molecule has 25 heavy (non-hydrogen) atoms. The highest BCUT2D eigenvalue weighted by atomic mass is 16.5. The van der Waals surface area contributed by atoms with Gasteiger partial charge < -0.3 is 19.5 Å². The molecule has 0 bridgehead atoms. The number of carbonyl (C=O) groups is 2. The van der Waals surface area contributed by atoms with Crippen molar-refractivity contribution >= 4 is 18.0 Å². The number of hydrogen-bond donors (Lipinski definition) is 1. The Balaban J connectivity index is 1.90. The van der Waals surface area contributed by atoms with Gasteiger partial charge in [0.2, 0.25) is 0 Å². The first kappa shape index (κ1) is 18.8. The first-order valence-electron chi connectivity index (χ1n) is 8.44. The van der Waals surface area contributed by atoms with E-state index in [0.717, 1.165) is 25.7 Å². The Labute approximate surface area is 148 Å². The molecule has 1 fully saturated rings. The van der Waals surface area contributed by atoms with Crippen molar-refractivity contribution in [3.05, 3.63) is 29.8 Å². The van der Waals surface area contributed by atoms with Crippen LogP contribution >= 0.6 is 0 Å². The van der Waals surface area contributed by atoms with E-state index < -0.39 is 12.1 Å². The van der Waals surface area contributed by atoms with Crippen LogP contribution in [0.4, 0.5) is 0 Å². The highest BCUT2D eigenvalue weighted by molar-refractivity contribution is 5.90. The number of esters is 1. The van der Waals surface area contributed by atoms with Crippen LogP contribution in [0, 0.1) is 0 Å². The molecular weight excluding hydrogens is 322 g/mol. The van der Waals surface area contributed by atoms with E-state index in [1.165, 1.54) is 6.08 Å². The van der Waals surface area contributed by atoms with E-state index in [2.05, 4.69) is 5.32 Å². The Hall–Kier alpha value is -2.50. The van der Waals surface area contributed by atoms with Crippen LogP contribution in [0.25, 0.3) is 6.08 Å². The summed E-state index contributed by atoms with van der Waals surface area (Å²) >= 11 is 0. The van der Waals surface area contributed by atoms with Gasteiger partial charge in [0.25, 0.3) is 5.91 Å². The van der Waals surface area contributed by atoms with E-state index in [1.807, 2.05) is 0 Å². The summed E-state index contributed by atoms with van der Waals surface area (Å²) in [5, 5.41) is 2.91. The smallest absolute Gasteiger partial charge is 0.331 e. The van der Waals surface area contributed by atoms with Crippen LogP contribution < -0.4 is 14.8 Å². The third-order valence-corrected chi connectivity index (χ3v) is 4.20. The van der Waals surface area contributed by atoms with E-state index in [4.69, 9.17) is 14.2 Å². The second-order valence-corrected chi connectivity index (χ2v) is 6.01. The van der Waals surface area contributed by atoms with Crippen LogP contribution in [0.2, 0.25) is 0 Å². The molecule has 0 unspecified atom stereocenters. The van der Waals surface area contributed by atoms with E-state index >= 15 is 0 Å². The van der Waals surface area contributed by atoms with Crippen LogP contribution in [0.15, 0.2) is 24.3 Å². The summed E-state index contributed by atoms with van der Waals surface area (Å²) in [7, 11) is 3.11. The molecule has 1 atom stereocenters. The Morgan fingerprint density at radius 3 is 2.56 bits per heavy atom. The van der Waals surface area contributed by atoms with Gasteiger partial charge in [-0.05, 0) is 38.0 Å². The Kier molecular flexibility index (Phi) is 6.86. The zero-order valence-electron chi connectivity index (χ0n) is 14.9. The maximum atomic E-state index is 12.0. The number of ether oxygens (including phenoxy) is 3. The molecule has 0 aliphatic heterocycles. The minimum absolute atomic E-state index is 0.202. The van der Waals surface area contributed by atoms with Gasteiger partial charge in [0, 0.05) is 23.7 Å². The predicted molar refractivity (Wildman–Crippen MR) is 94.5 cm³/mol. The third kappa shape index (κ3) is 5.52. The molecule has 1 aromatic carbocycles. The maximum Gasteiger partial charge on any atom is 0.331 e. The zero-order chi connectivity index (χ0) is 18.2. The summed E-state index contributed by atoms with van der Waals surface area (Å²) in [6, 6.07) is 5.47. The topological polar surface area (TPSA) is 73.9 Å². The van der Waals surface area contributed by atoms with E-state index in [1.54, 1.807) is 45.4 Å². The van der Waals surface area contributed by atoms with Crippen LogP contribution in [-0.2, 0) is 14.3 Å². The molecule has 0 spiro atoms. The molecular formula is C19H25NO5. The first-order chi connectivity index (χ1) is 12.0. The number of hydrogen-bond acceptors (Lipinski definition) is 5. The van der Waals surface area contributed by atoms with Crippen molar-refractivity contribution in [2.45, 2.75) is 44.8 Å². The van der Waals surface area contributed by atoms with Crippen molar-refractivity contribution in [1.82, 2.24) is 5.32 Å². The second kappa shape index (κ2) is 9.11. The number of methoxy groups -OCH3 is 2. The lowest BCUT2D eigenvalue weighted by Gasteiger charge is -2.16. The van der Waals surface area contributed by atoms with Gasteiger partial charge in [-0.1, -0.05) is 12.8 Å². The largest absolute Gasteiger partial charge is 0.497 e. The van der Waals surface area contributed by atoms with Gasteiger partial charge in [-0.25, -0.2) is 4.79 Å². The molecule has 1 saturated carbocycles. The van der Waals surface area contributed by atoms with Gasteiger partial charge in [-0.2, -0.15) is 0 Å². The highest BCUT2D eigenvalue weighted by Crippen LogP contribution is 2.25. The molecule has 136 valence electrons. The summed E-state index contributed by atoms with van der Waals surface area (Å²) in [4.78, 5) is 24.0. The third-order valence-electron chi connectivity index (χ3n) is 4.20. The second-order valence-electron chi connectivity index (χ2n) is 6.01. The summed E-state index contributed by atoms with van der Waals surface area (Å²) in [6.07, 6.45) is 6.28. The van der Waals surface area contributed by atoms with Crippen molar-refractivity contribution in [2.24, 2.45) is 0 Å². The molecule has 6 heteroatoms.